The zero-order chi connectivity index (χ0) is 12.8. The van der Waals surface area contributed by atoms with Crippen LogP contribution in [0.15, 0.2) is 28.7 Å². The number of carbonyl (C=O) groups excluding carboxylic acids is 2. The van der Waals surface area contributed by atoms with Crippen molar-refractivity contribution in [1.82, 2.24) is 10.9 Å². The molecule has 0 radical (unpaired) electrons. The van der Waals surface area contributed by atoms with E-state index in [0.717, 1.165) is 6.08 Å². The third-order valence-corrected chi connectivity index (χ3v) is 2.23. The van der Waals surface area contributed by atoms with Gasteiger partial charge in [-0.25, -0.2) is 4.39 Å². The topological polar surface area (TPSA) is 58.2 Å². The molecule has 0 atom stereocenters. The molecule has 90 valence electrons. The Labute approximate surface area is 106 Å². The van der Waals surface area contributed by atoms with Crippen LogP contribution in [-0.2, 0) is 9.59 Å². The Morgan fingerprint density at radius 3 is 2.71 bits per heavy atom. The molecule has 2 N–H and O–H groups in total. The highest BCUT2D eigenvalue weighted by molar-refractivity contribution is 9.10. The molecule has 0 saturated heterocycles. The molecule has 2 amide bonds. The number of halogens is 2. The van der Waals surface area contributed by atoms with E-state index in [1.807, 2.05) is 0 Å². The molecule has 0 heterocycles. The fourth-order valence-corrected chi connectivity index (χ4v) is 1.38. The third kappa shape index (κ3) is 4.78. The minimum atomic E-state index is -0.542. The number of rotatable bonds is 2. The summed E-state index contributed by atoms with van der Waals surface area (Å²) in [5.74, 6) is -1.36. The lowest BCUT2D eigenvalue weighted by Crippen LogP contribution is -2.39. The number of carbonyl (C=O) groups is 2. The molecule has 1 aromatic rings. The summed E-state index contributed by atoms with van der Waals surface area (Å²) in [5.41, 5.74) is 4.52. The van der Waals surface area contributed by atoms with Gasteiger partial charge < -0.3 is 0 Å². The molecule has 0 aliphatic rings. The van der Waals surface area contributed by atoms with Crippen LogP contribution in [0.5, 0.6) is 0 Å². The van der Waals surface area contributed by atoms with Crippen LogP contribution in [0.3, 0.4) is 0 Å². The molecule has 0 aliphatic carbocycles. The Morgan fingerprint density at radius 1 is 1.35 bits per heavy atom. The number of amides is 2. The molecular formula is C11H10BrFN2O2. The van der Waals surface area contributed by atoms with Crippen molar-refractivity contribution in [2.45, 2.75) is 6.92 Å². The smallest absolute Gasteiger partial charge is 0.262 e. The summed E-state index contributed by atoms with van der Waals surface area (Å²) in [6.07, 6.45) is 2.44. The van der Waals surface area contributed by atoms with Gasteiger partial charge in [-0.15, -0.1) is 0 Å². The maximum Gasteiger partial charge on any atom is 0.262 e. The van der Waals surface area contributed by atoms with Gasteiger partial charge in [0.05, 0.1) is 0 Å². The van der Waals surface area contributed by atoms with E-state index in [1.54, 1.807) is 6.07 Å². The molecule has 0 saturated carbocycles. The van der Waals surface area contributed by atoms with Gasteiger partial charge in [-0.2, -0.15) is 0 Å². The van der Waals surface area contributed by atoms with E-state index in [1.165, 1.54) is 25.1 Å². The molecule has 0 spiro atoms. The fourth-order valence-electron chi connectivity index (χ4n) is 0.999. The minimum Gasteiger partial charge on any atom is -0.274 e. The molecule has 1 rings (SSSR count). The van der Waals surface area contributed by atoms with E-state index in [9.17, 15) is 14.0 Å². The summed E-state index contributed by atoms with van der Waals surface area (Å²) >= 11 is 3.20. The Kier molecular flexibility index (Phi) is 4.84. The monoisotopic (exact) mass is 300 g/mol. The van der Waals surface area contributed by atoms with Gasteiger partial charge in [0.1, 0.15) is 5.82 Å². The second-order valence-corrected chi connectivity index (χ2v) is 4.09. The van der Waals surface area contributed by atoms with Gasteiger partial charge in [-0.05, 0) is 24.3 Å². The summed E-state index contributed by atoms with van der Waals surface area (Å²) in [6.45, 7) is 1.26. The predicted molar refractivity (Wildman–Crippen MR) is 65.1 cm³/mol. The van der Waals surface area contributed by atoms with Gasteiger partial charge >= 0.3 is 0 Å². The van der Waals surface area contributed by atoms with Crippen LogP contribution in [0, 0.1) is 5.82 Å². The zero-order valence-corrected chi connectivity index (χ0v) is 10.5. The summed E-state index contributed by atoms with van der Waals surface area (Å²) in [7, 11) is 0. The molecule has 0 bridgehead atoms. The largest absolute Gasteiger partial charge is 0.274 e. The molecule has 6 heteroatoms. The molecule has 17 heavy (non-hydrogen) atoms. The van der Waals surface area contributed by atoms with Crippen LogP contribution in [0.25, 0.3) is 6.08 Å². The van der Waals surface area contributed by atoms with Crippen molar-refractivity contribution in [3.8, 4) is 0 Å². The molecule has 0 unspecified atom stereocenters. The Balaban J connectivity index is 2.67. The van der Waals surface area contributed by atoms with Crippen molar-refractivity contribution in [3.05, 3.63) is 40.1 Å². The van der Waals surface area contributed by atoms with Crippen molar-refractivity contribution >= 4 is 33.8 Å². The highest BCUT2D eigenvalue weighted by atomic mass is 79.9. The summed E-state index contributed by atoms with van der Waals surface area (Å²) in [4.78, 5) is 21.7. The van der Waals surface area contributed by atoms with E-state index < -0.39 is 11.7 Å². The first-order chi connectivity index (χ1) is 7.99. The zero-order valence-electron chi connectivity index (χ0n) is 8.96. The highest BCUT2D eigenvalue weighted by Crippen LogP contribution is 2.16. The van der Waals surface area contributed by atoms with Crippen LogP contribution in [0.1, 0.15) is 12.5 Å². The van der Waals surface area contributed by atoms with Gasteiger partial charge in [0.25, 0.3) is 5.91 Å². The lowest BCUT2D eigenvalue weighted by Gasteiger charge is -2.01. The van der Waals surface area contributed by atoms with E-state index in [0.29, 0.717) is 4.47 Å². The molecule has 0 aliphatic heterocycles. The van der Waals surface area contributed by atoms with E-state index >= 15 is 0 Å². The highest BCUT2D eigenvalue weighted by Gasteiger charge is 2.00. The molecule has 4 nitrogen and oxygen atoms in total. The average molecular weight is 301 g/mol. The van der Waals surface area contributed by atoms with Crippen LogP contribution >= 0.6 is 15.9 Å². The quantitative estimate of drug-likeness (QED) is 0.646. The van der Waals surface area contributed by atoms with Crippen LogP contribution in [0.4, 0.5) is 4.39 Å². The fraction of sp³-hybridized carbons (Fsp3) is 0.0909. The number of hydrazine groups is 1. The van der Waals surface area contributed by atoms with E-state index in [2.05, 4.69) is 26.8 Å². The lowest BCUT2D eigenvalue weighted by atomic mass is 10.2. The molecule has 0 fully saturated rings. The summed E-state index contributed by atoms with van der Waals surface area (Å²) in [6, 6.07) is 4.39. The van der Waals surface area contributed by atoms with Crippen molar-refractivity contribution in [3.63, 3.8) is 0 Å². The van der Waals surface area contributed by atoms with Gasteiger partial charge in [-0.1, -0.05) is 15.9 Å². The Bertz CT molecular complexity index is 475. The first-order valence-corrected chi connectivity index (χ1v) is 5.48. The van der Waals surface area contributed by atoms with Crippen LogP contribution in [-0.4, -0.2) is 11.8 Å². The Hall–Kier alpha value is -1.69. The maximum absolute atomic E-state index is 13.3. The Morgan fingerprint density at radius 2 is 2.06 bits per heavy atom. The van der Waals surface area contributed by atoms with Crippen molar-refractivity contribution in [2.75, 3.05) is 0 Å². The molecule has 1 aromatic carbocycles. The van der Waals surface area contributed by atoms with Gasteiger partial charge in [-0.3, -0.25) is 20.4 Å². The van der Waals surface area contributed by atoms with Crippen molar-refractivity contribution in [2.24, 2.45) is 0 Å². The maximum atomic E-state index is 13.3. The molecule has 0 aromatic heterocycles. The first kappa shape index (κ1) is 13.4. The SMILES string of the molecule is CC(=O)NNC(=O)C=Cc1cc(Br)ccc1F. The van der Waals surface area contributed by atoms with Gasteiger partial charge in [0, 0.05) is 23.0 Å². The molecular weight excluding hydrogens is 291 g/mol. The second kappa shape index (κ2) is 6.15. The van der Waals surface area contributed by atoms with Crippen molar-refractivity contribution in [1.29, 1.82) is 0 Å². The van der Waals surface area contributed by atoms with Crippen LogP contribution in [0.2, 0.25) is 0 Å². The predicted octanol–water partition coefficient (Wildman–Crippen LogP) is 1.77. The lowest BCUT2D eigenvalue weighted by molar-refractivity contribution is -0.125. The number of benzene rings is 1. The number of nitrogens with one attached hydrogen (secondary N) is 2. The summed E-state index contributed by atoms with van der Waals surface area (Å²) < 4.78 is 14.0. The minimum absolute atomic E-state index is 0.275. The van der Waals surface area contributed by atoms with E-state index in [4.69, 9.17) is 0 Å². The second-order valence-electron chi connectivity index (χ2n) is 3.17. The van der Waals surface area contributed by atoms with Gasteiger partial charge in [0.2, 0.25) is 5.91 Å². The standard InChI is InChI=1S/C11H10BrFN2O2/c1-7(16)14-15-11(17)5-2-8-6-9(12)3-4-10(8)13/h2-6H,1H3,(H,14,16)(H,15,17). The normalized spacial score (nSPS) is 10.3. The van der Waals surface area contributed by atoms with Crippen LogP contribution < -0.4 is 10.9 Å². The summed E-state index contributed by atoms with van der Waals surface area (Å²) in [5, 5.41) is 0. The first-order valence-electron chi connectivity index (χ1n) is 4.68. The number of hydrogen-bond donors (Lipinski definition) is 2. The number of hydrogen-bond acceptors (Lipinski definition) is 2. The van der Waals surface area contributed by atoms with Gasteiger partial charge in [0.15, 0.2) is 0 Å². The van der Waals surface area contributed by atoms with E-state index in [-0.39, 0.29) is 11.5 Å². The third-order valence-electron chi connectivity index (χ3n) is 1.73. The van der Waals surface area contributed by atoms with Crippen molar-refractivity contribution < 1.29 is 14.0 Å². The average Bonchev–Trinajstić information content (AvgIpc) is 2.27.